The van der Waals surface area contributed by atoms with Crippen molar-refractivity contribution < 1.29 is 26.7 Å². The lowest BCUT2D eigenvalue weighted by molar-refractivity contribution is -0.388. The van der Waals surface area contributed by atoms with E-state index in [-0.39, 0.29) is 13.1 Å². The van der Waals surface area contributed by atoms with Crippen molar-refractivity contribution in [2.45, 2.75) is 23.6 Å². The fourth-order valence-electron chi connectivity index (χ4n) is 2.47. The van der Waals surface area contributed by atoms with Crippen LogP contribution in [0.15, 0.2) is 58.3 Å². The third-order valence-corrected chi connectivity index (χ3v) is 7.08. The summed E-state index contributed by atoms with van der Waals surface area (Å²) in [6, 6.07) is 9.63. The molecule has 0 fully saturated rings. The van der Waals surface area contributed by atoms with Gasteiger partial charge in [-0.2, -0.15) is 0 Å². The predicted octanol–water partition coefficient (Wildman–Crippen LogP) is 1.79. The quantitative estimate of drug-likeness (QED) is 0.388. The van der Waals surface area contributed by atoms with Crippen LogP contribution in [0.25, 0.3) is 0 Å². The molecule has 31 heavy (non-hydrogen) atoms. The van der Waals surface area contributed by atoms with E-state index in [9.17, 15) is 37.1 Å². The van der Waals surface area contributed by atoms with Crippen molar-refractivity contribution in [3.8, 4) is 0 Å². The third-order valence-electron chi connectivity index (χ3n) is 4.18. The average molecular weight is 473 g/mol. The van der Waals surface area contributed by atoms with Gasteiger partial charge in [-0.1, -0.05) is 38.1 Å². The summed E-state index contributed by atoms with van der Waals surface area (Å²) in [6.07, 6.45) is 0. The maximum absolute atomic E-state index is 12.5. The second-order valence-electron chi connectivity index (χ2n) is 7.26. The Morgan fingerprint density at radius 2 is 1.06 bits per heavy atom. The molecule has 0 amide bonds. The molecule has 14 heteroatoms. The van der Waals surface area contributed by atoms with Crippen molar-refractivity contribution >= 4 is 31.4 Å². The average Bonchev–Trinajstić information content (AvgIpc) is 2.71. The van der Waals surface area contributed by atoms with Crippen molar-refractivity contribution in [1.29, 1.82) is 0 Å². The van der Waals surface area contributed by atoms with Gasteiger partial charge in [0.1, 0.15) is 0 Å². The highest BCUT2D eigenvalue weighted by atomic mass is 32.2. The molecule has 168 valence electrons. The molecule has 2 rings (SSSR count). The molecular formula is C17H20N4O8S2. The first-order valence-corrected chi connectivity index (χ1v) is 11.7. The number of rotatable bonds is 10. The highest BCUT2D eigenvalue weighted by Crippen LogP contribution is 2.25. The van der Waals surface area contributed by atoms with Crippen LogP contribution in [0, 0.1) is 25.6 Å². The minimum Gasteiger partial charge on any atom is -0.258 e. The highest BCUT2D eigenvalue weighted by molar-refractivity contribution is 7.90. The van der Waals surface area contributed by atoms with E-state index < -0.39 is 56.5 Å². The molecule has 2 aromatic carbocycles. The van der Waals surface area contributed by atoms with Crippen LogP contribution in [-0.2, 0) is 20.0 Å². The first kappa shape index (κ1) is 24.3. The van der Waals surface area contributed by atoms with Gasteiger partial charge < -0.3 is 0 Å². The molecule has 0 aliphatic heterocycles. The minimum absolute atomic E-state index is 0.263. The first-order valence-electron chi connectivity index (χ1n) is 8.73. The zero-order chi connectivity index (χ0) is 23.4. The molecule has 0 aliphatic carbocycles. The van der Waals surface area contributed by atoms with Gasteiger partial charge in [-0.3, -0.25) is 20.2 Å². The van der Waals surface area contributed by atoms with Gasteiger partial charge in [0.15, 0.2) is 9.79 Å². The number of para-hydroxylation sites is 2. The van der Waals surface area contributed by atoms with Gasteiger partial charge in [-0.15, -0.1) is 0 Å². The molecule has 0 spiro atoms. The normalized spacial score (nSPS) is 12.5. The van der Waals surface area contributed by atoms with E-state index in [0.29, 0.717) is 0 Å². The Labute approximate surface area is 178 Å². The van der Waals surface area contributed by atoms with Crippen molar-refractivity contribution in [2.75, 3.05) is 13.1 Å². The van der Waals surface area contributed by atoms with Gasteiger partial charge in [0.25, 0.3) is 11.4 Å². The van der Waals surface area contributed by atoms with Gasteiger partial charge in [-0.05, 0) is 17.5 Å². The Morgan fingerprint density at radius 1 is 0.742 bits per heavy atom. The van der Waals surface area contributed by atoms with Crippen molar-refractivity contribution in [1.82, 2.24) is 9.44 Å². The number of nitrogens with one attached hydrogen (secondary N) is 2. The summed E-state index contributed by atoms with van der Waals surface area (Å²) in [5.41, 5.74) is -2.16. The van der Waals surface area contributed by atoms with Gasteiger partial charge in [-0.25, -0.2) is 26.3 Å². The monoisotopic (exact) mass is 472 g/mol. The van der Waals surface area contributed by atoms with Crippen LogP contribution in [0.4, 0.5) is 11.4 Å². The van der Waals surface area contributed by atoms with E-state index in [1.807, 2.05) is 0 Å². The second-order valence-corrected chi connectivity index (χ2v) is 10.7. The van der Waals surface area contributed by atoms with Crippen LogP contribution in [-0.4, -0.2) is 39.8 Å². The number of hydrogen-bond acceptors (Lipinski definition) is 8. The van der Waals surface area contributed by atoms with E-state index in [1.165, 1.54) is 24.3 Å². The molecule has 0 bridgehead atoms. The summed E-state index contributed by atoms with van der Waals surface area (Å²) in [6.45, 7) is 2.58. The Morgan fingerprint density at radius 3 is 1.39 bits per heavy atom. The number of sulfonamides is 2. The largest absolute Gasteiger partial charge is 0.289 e. The number of nitrogens with zero attached hydrogens (tertiary/aromatic N) is 2. The molecule has 2 N–H and O–H groups in total. The molecule has 12 nitrogen and oxygen atoms in total. The van der Waals surface area contributed by atoms with Crippen molar-refractivity contribution in [2.24, 2.45) is 5.41 Å². The summed E-state index contributed by atoms with van der Waals surface area (Å²) >= 11 is 0. The van der Waals surface area contributed by atoms with E-state index >= 15 is 0 Å². The van der Waals surface area contributed by atoms with E-state index in [2.05, 4.69) is 9.44 Å². The van der Waals surface area contributed by atoms with Crippen LogP contribution in [0.5, 0.6) is 0 Å². The zero-order valence-electron chi connectivity index (χ0n) is 16.5. The standard InChI is InChI=1S/C17H20N4O8S2/c1-17(2,11-18-30(26,27)15-9-5-3-7-13(15)20(22)23)12-19-31(28,29)16-10-6-4-8-14(16)21(24)25/h3-10,18-19H,11-12H2,1-2H3. The van der Waals surface area contributed by atoms with Crippen LogP contribution < -0.4 is 9.44 Å². The molecular weight excluding hydrogens is 452 g/mol. The first-order chi connectivity index (χ1) is 14.3. The molecule has 2 aromatic rings. The lowest BCUT2D eigenvalue weighted by atomic mass is 9.95. The Balaban J connectivity index is 2.14. The van der Waals surface area contributed by atoms with Gasteiger partial charge in [0.2, 0.25) is 20.0 Å². The van der Waals surface area contributed by atoms with Crippen LogP contribution in [0.3, 0.4) is 0 Å². The molecule has 0 aromatic heterocycles. The Kier molecular flexibility index (Phi) is 7.10. The summed E-state index contributed by atoms with van der Waals surface area (Å²) in [5, 5.41) is 22.2. The predicted molar refractivity (Wildman–Crippen MR) is 110 cm³/mol. The second kappa shape index (κ2) is 9.05. The minimum atomic E-state index is -4.25. The molecule has 0 saturated heterocycles. The van der Waals surface area contributed by atoms with Crippen LogP contribution in [0.1, 0.15) is 13.8 Å². The van der Waals surface area contributed by atoms with E-state index in [1.54, 1.807) is 13.8 Å². The third kappa shape index (κ3) is 6.04. The number of nitro benzene ring substituents is 2. The molecule has 0 unspecified atom stereocenters. The summed E-state index contributed by atoms with van der Waals surface area (Å²) < 4.78 is 54.6. The van der Waals surface area contributed by atoms with Crippen molar-refractivity contribution in [3.05, 3.63) is 68.8 Å². The number of benzene rings is 2. The molecule has 0 heterocycles. The number of nitro groups is 2. The number of hydrogen-bond donors (Lipinski definition) is 2. The smallest absolute Gasteiger partial charge is 0.258 e. The molecule has 0 radical (unpaired) electrons. The highest BCUT2D eigenvalue weighted by Gasteiger charge is 2.30. The van der Waals surface area contributed by atoms with Gasteiger partial charge in [0.05, 0.1) is 9.85 Å². The van der Waals surface area contributed by atoms with Crippen LogP contribution >= 0.6 is 0 Å². The maximum Gasteiger partial charge on any atom is 0.289 e. The summed E-state index contributed by atoms with van der Waals surface area (Å²) in [5.74, 6) is 0. The topological polar surface area (TPSA) is 179 Å². The Hall–Kier alpha value is -2.94. The summed E-state index contributed by atoms with van der Waals surface area (Å²) in [4.78, 5) is 19.5. The van der Waals surface area contributed by atoms with Crippen molar-refractivity contribution in [3.63, 3.8) is 0 Å². The molecule has 0 aliphatic rings. The van der Waals surface area contributed by atoms with Gasteiger partial charge in [0, 0.05) is 25.2 Å². The SMILES string of the molecule is CC(C)(CNS(=O)(=O)c1ccccc1[N+](=O)[O-])CNS(=O)(=O)c1ccccc1[N+](=O)[O-]. The Bertz CT molecular complexity index is 1120. The lowest BCUT2D eigenvalue weighted by Crippen LogP contribution is -2.42. The van der Waals surface area contributed by atoms with E-state index in [0.717, 1.165) is 24.3 Å². The summed E-state index contributed by atoms with van der Waals surface area (Å²) in [7, 11) is -8.50. The lowest BCUT2D eigenvalue weighted by Gasteiger charge is -2.25. The zero-order valence-corrected chi connectivity index (χ0v) is 18.1. The van der Waals surface area contributed by atoms with E-state index in [4.69, 9.17) is 0 Å². The maximum atomic E-state index is 12.5. The fraction of sp³-hybridized carbons (Fsp3) is 0.294. The van der Waals surface area contributed by atoms with Crippen LogP contribution in [0.2, 0.25) is 0 Å². The molecule has 0 atom stereocenters. The fourth-order valence-corrected chi connectivity index (χ4v) is 5.29. The molecule has 0 saturated carbocycles. The van der Waals surface area contributed by atoms with Gasteiger partial charge >= 0.3 is 0 Å².